The number of para-hydroxylation sites is 1. The van der Waals surface area contributed by atoms with Gasteiger partial charge in [0.2, 0.25) is 0 Å². The van der Waals surface area contributed by atoms with Gasteiger partial charge in [0.05, 0.1) is 0 Å². The maximum Gasteiger partial charge on any atom is 0.338 e. The van der Waals surface area contributed by atoms with Crippen LogP contribution < -0.4 is 4.74 Å². The highest BCUT2D eigenvalue weighted by Gasteiger charge is 2.39. The minimum atomic E-state index is -2.25. The van der Waals surface area contributed by atoms with Crippen LogP contribution in [0.15, 0.2) is 24.3 Å². The first-order valence-electron chi connectivity index (χ1n) is 3.31. The number of benzene rings is 1. The van der Waals surface area contributed by atoms with E-state index in [9.17, 15) is 11.7 Å². The van der Waals surface area contributed by atoms with E-state index in [1.165, 1.54) is 12.1 Å². The zero-order valence-corrected chi connectivity index (χ0v) is 9.03. The third-order valence-electron chi connectivity index (χ3n) is 1.20. The highest BCUT2D eigenvalue weighted by Crippen LogP contribution is 2.49. The van der Waals surface area contributed by atoms with Gasteiger partial charge in [0.15, 0.2) is 0 Å². The van der Waals surface area contributed by atoms with E-state index >= 15 is 0 Å². The molecule has 1 rings (SSSR count). The summed E-state index contributed by atoms with van der Waals surface area (Å²) < 4.78 is 39.3. The molecule has 0 aliphatic heterocycles. The van der Waals surface area contributed by atoms with Crippen molar-refractivity contribution in [3.63, 3.8) is 0 Å². The first kappa shape index (κ1) is 11.9. The Balaban J connectivity index is 2.74. The summed E-state index contributed by atoms with van der Waals surface area (Å²) in [6, 6.07) is 8.73. The Morgan fingerprint density at radius 2 is 1.79 bits per heavy atom. The van der Waals surface area contributed by atoms with Crippen LogP contribution in [0.4, 0.5) is 11.7 Å². The average Bonchev–Trinajstić information content (AvgIpc) is 2.28. The maximum absolute atomic E-state index is 12.3. The molecule has 0 heterocycles. The van der Waals surface area contributed by atoms with Gasteiger partial charge in [0.25, 0.3) is 0 Å². The lowest BCUT2D eigenvalue weighted by atomic mass is 10.3. The standard InChI is InChI=1S/C7H4F3OS3/c8-12-7(13-9,14-10)11-6-4-2-1-3-5-6/h1-4H. The van der Waals surface area contributed by atoms with Crippen LogP contribution in [0.5, 0.6) is 5.75 Å². The van der Waals surface area contributed by atoms with E-state index in [0.29, 0.717) is 0 Å². The van der Waals surface area contributed by atoms with Crippen molar-refractivity contribution in [1.29, 1.82) is 0 Å². The number of halogens is 3. The number of hydrogen-bond donors (Lipinski definition) is 0. The molecule has 0 unspecified atom stereocenters. The molecule has 0 aliphatic carbocycles. The summed E-state index contributed by atoms with van der Waals surface area (Å²) in [4.78, 5) is 0. The molecule has 0 N–H and O–H groups in total. The quantitative estimate of drug-likeness (QED) is 0.726. The molecule has 0 fully saturated rings. The lowest BCUT2D eigenvalue weighted by Crippen LogP contribution is -2.20. The largest absolute Gasteiger partial charge is 0.451 e. The first-order valence-corrected chi connectivity index (χ1v) is 5.46. The Bertz CT molecular complexity index is 260. The van der Waals surface area contributed by atoms with Gasteiger partial charge in [-0.2, -0.15) is 11.7 Å². The molecule has 1 nitrogen and oxygen atoms in total. The van der Waals surface area contributed by atoms with Crippen LogP contribution in [-0.4, -0.2) is 3.60 Å². The molecule has 0 atom stereocenters. The van der Waals surface area contributed by atoms with E-state index in [0.717, 1.165) is 0 Å². The van der Waals surface area contributed by atoms with Crippen molar-refractivity contribution in [3.05, 3.63) is 30.3 Å². The van der Waals surface area contributed by atoms with Crippen molar-refractivity contribution in [2.24, 2.45) is 0 Å². The third kappa shape index (κ3) is 2.93. The highest BCUT2D eigenvalue weighted by atomic mass is 32.3. The van der Waals surface area contributed by atoms with Gasteiger partial charge >= 0.3 is 3.60 Å². The molecule has 14 heavy (non-hydrogen) atoms. The Kier molecular flexibility index (Phi) is 4.83. The molecule has 0 amide bonds. The lowest BCUT2D eigenvalue weighted by Gasteiger charge is -2.20. The van der Waals surface area contributed by atoms with Crippen molar-refractivity contribution in [1.82, 2.24) is 0 Å². The van der Waals surface area contributed by atoms with E-state index in [1.807, 2.05) is 0 Å². The van der Waals surface area contributed by atoms with Gasteiger partial charge in [0.1, 0.15) is 42.2 Å². The van der Waals surface area contributed by atoms with E-state index in [1.54, 1.807) is 12.1 Å². The van der Waals surface area contributed by atoms with Crippen LogP contribution in [0.1, 0.15) is 0 Å². The maximum atomic E-state index is 12.3. The number of rotatable bonds is 5. The van der Waals surface area contributed by atoms with Gasteiger partial charge in [-0.1, -0.05) is 18.2 Å². The fourth-order valence-corrected chi connectivity index (χ4v) is 1.31. The lowest BCUT2D eigenvalue weighted by molar-refractivity contribution is 0.327. The van der Waals surface area contributed by atoms with Gasteiger partial charge in [-0.25, -0.2) is 0 Å². The van der Waals surface area contributed by atoms with Crippen molar-refractivity contribution in [3.8, 4) is 5.75 Å². The molecule has 0 bridgehead atoms. The predicted molar refractivity (Wildman–Crippen MR) is 54.7 cm³/mol. The third-order valence-corrected chi connectivity index (χ3v) is 3.15. The van der Waals surface area contributed by atoms with E-state index in [-0.39, 0.29) is 5.75 Å². The van der Waals surface area contributed by atoms with Crippen molar-refractivity contribution < 1.29 is 16.4 Å². The van der Waals surface area contributed by atoms with Crippen LogP contribution in [-0.2, 0) is 0 Å². The highest BCUT2D eigenvalue weighted by molar-refractivity contribution is 8.29. The summed E-state index contributed by atoms with van der Waals surface area (Å²) in [5, 5.41) is 0. The monoisotopic (exact) mass is 257 g/mol. The summed E-state index contributed by atoms with van der Waals surface area (Å²) >= 11 is -1.66. The van der Waals surface area contributed by atoms with E-state index in [4.69, 9.17) is 4.74 Å². The van der Waals surface area contributed by atoms with Gasteiger partial charge in [-0.05, 0) is 6.07 Å². The topological polar surface area (TPSA) is 9.23 Å². The molecule has 0 aliphatic rings. The van der Waals surface area contributed by atoms with Crippen molar-refractivity contribution >= 4 is 36.4 Å². The van der Waals surface area contributed by atoms with E-state index < -0.39 is 40.0 Å². The number of ether oxygens (including phenoxy) is 1. The van der Waals surface area contributed by atoms with Crippen LogP contribution in [0, 0.1) is 6.07 Å². The van der Waals surface area contributed by atoms with Gasteiger partial charge in [-0.3, -0.25) is 0 Å². The second-order valence-corrected chi connectivity index (χ2v) is 5.02. The fourth-order valence-electron chi connectivity index (χ4n) is 0.658. The molecular weight excluding hydrogens is 253 g/mol. The minimum Gasteiger partial charge on any atom is -0.451 e. The number of hydrogen-bond acceptors (Lipinski definition) is 4. The van der Waals surface area contributed by atoms with Crippen LogP contribution >= 0.6 is 36.4 Å². The summed E-state index contributed by atoms with van der Waals surface area (Å²) in [5.41, 5.74) is 0. The molecule has 1 aromatic rings. The summed E-state index contributed by atoms with van der Waals surface area (Å²) in [7, 11) is 0. The average molecular weight is 257 g/mol. The van der Waals surface area contributed by atoms with Crippen molar-refractivity contribution in [2.75, 3.05) is 0 Å². The Hall–Kier alpha value is -0.140. The van der Waals surface area contributed by atoms with Gasteiger partial charge in [0, 0.05) is 6.07 Å². The van der Waals surface area contributed by atoms with Crippen molar-refractivity contribution in [2.45, 2.75) is 3.60 Å². The van der Waals surface area contributed by atoms with Gasteiger partial charge < -0.3 is 4.74 Å². The smallest absolute Gasteiger partial charge is 0.338 e. The van der Waals surface area contributed by atoms with Crippen LogP contribution in [0.3, 0.4) is 0 Å². The SMILES string of the molecule is FSC(Oc1[c]cccc1)(SF)SF. The molecule has 0 saturated carbocycles. The zero-order valence-electron chi connectivity index (χ0n) is 6.58. The second kappa shape index (κ2) is 5.67. The Labute approximate surface area is 92.7 Å². The second-order valence-electron chi connectivity index (χ2n) is 2.06. The van der Waals surface area contributed by atoms with Gasteiger partial charge in [-0.15, -0.1) is 0 Å². The molecule has 1 aromatic carbocycles. The Morgan fingerprint density at radius 3 is 2.21 bits per heavy atom. The molecule has 0 spiro atoms. The molecule has 0 aromatic heterocycles. The predicted octanol–water partition coefficient (Wildman–Crippen LogP) is 4.33. The first-order chi connectivity index (χ1) is 6.76. The summed E-state index contributed by atoms with van der Waals surface area (Å²) in [6.45, 7) is 0. The molecule has 0 saturated heterocycles. The fraction of sp³-hybridized carbons (Fsp3) is 0.143. The summed E-state index contributed by atoms with van der Waals surface area (Å²) in [6.07, 6.45) is 0. The molecule has 77 valence electrons. The molecule has 1 radical (unpaired) electrons. The van der Waals surface area contributed by atoms with E-state index in [2.05, 4.69) is 6.07 Å². The minimum absolute atomic E-state index is 0.0768. The van der Waals surface area contributed by atoms with Crippen LogP contribution in [0.2, 0.25) is 0 Å². The zero-order chi connectivity index (χ0) is 10.4. The summed E-state index contributed by atoms with van der Waals surface area (Å²) in [5.74, 6) is 0.0768. The molecule has 7 heteroatoms. The Morgan fingerprint density at radius 1 is 1.14 bits per heavy atom. The van der Waals surface area contributed by atoms with Crippen LogP contribution in [0.25, 0.3) is 0 Å². The molecular formula is C7H4F3OS3. The normalized spacial score (nSPS) is 11.4.